The van der Waals surface area contributed by atoms with Crippen LogP contribution in [0.1, 0.15) is 19.3 Å². The molecule has 0 aromatic carbocycles. The standard InChI is InChI=1S/C15H20N4O3/c1-22-9-13(20)18-5-2-3-15(10-18)4-6-19(14(15)21)12-7-16-11-17-8-12/h7-8,11H,2-6,9-10H2,1H3/t15-/m0/s1. The molecule has 2 fully saturated rings. The lowest BCUT2D eigenvalue weighted by molar-refractivity contribution is -0.141. The zero-order valence-electron chi connectivity index (χ0n) is 12.7. The molecule has 1 atom stereocenters. The van der Waals surface area contributed by atoms with Crippen LogP contribution in [0, 0.1) is 5.41 Å². The first-order valence-corrected chi connectivity index (χ1v) is 7.50. The fourth-order valence-corrected chi connectivity index (χ4v) is 3.44. The molecule has 0 saturated carbocycles. The van der Waals surface area contributed by atoms with E-state index in [1.54, 1.807) is 22.2 Å². The fraction of sp³-hybridized carbons (Fsp3) is 0.600. The summed E-state index contributed by atoms with van der Waals surface area (Å²) >= 11 is 0. The van der Waals surface area contributed by atoms with Crippen molar-refractivity contribution in [2.24, 2.45) is 5.41 Å². The number of piperidine rings is 1. The molecule has 2 aliphatic heterocycles. The van der Waals surface area contributed by atoms with E-state index in [1.165, 1.54) is 13.4 Å². The molecule has 118 valence electrons. The smallest absolute Gasteiger partial charge is 0.248 e. The third kappa shape index (κ3) is 2.56. The molecule has 1 aromatic heterocycles. The van der Waals surface area contributed by atoms with Gasteiger partial charge in [0.25, 0.3) is 0 Å². The van der Waals surface area contributed by atoms with Crippen molar-refractivity contribution < 1.29 is 14.3 Å². The largest absolute Gasteiger partial charge is 0.375 e. The molecule has 1 aromatic rings. The van der Waals surface area contributed by atoms with Gasteiger partial charge in [-0.05, 0) is 19.3 Å². The number of hydrogen-bond acceptors (Lipinski definition) is 5. The summed E-state index contributed by atoms with van der Waals surface area (Å²) in [5.41, 5.74) is 0.266. The topological polar surface area (TPSA) is 75.6 Å². The van der Waals surface area contributed by atoms with Gasteiger partial charge < -0.3 is 14.5 Å². The highest BCUT2D eigenvalue weighted by Gasteiger charge is 2.50. The summed E-state index contributed by atoms with van der Waals surface area (Å²) in [6.07, 6.45) is 7.19. The van der Waals surface area contributed by atoms with Crippen molar-refractivity contribution >= 4 is 17.5 Å². The van der Waals surface area contributed by atoms with Gasteiger partial charge in [-0.25, -0.2) is 9.97 Å². The maximum Gasteiger partial charge on any atom is 0.248 e. The van der Waals surface area contributed by atoms with Crippen LogP contribution in [0.3, 0.4) is 0 Å². The first kappa shape index (κ1) is 14.9. The molecule has 0 N–H and O–H groups in total. The molecule has 2 saturated heterocycles. The quantitative estimate of drug-likeness (QED) is 0.811. The number of carbonyl (C=O) groups excluding carboxylic acids is 2. The number of amides is 2. The van der Waals surface area contributed by atoms with Crippen molar-refractivity contribution in [3.63, 3.8) is 0 Å². The van der Waals surface area contributed by atoms with Crippen molar-refractivity contribution in [3.05, 3.63) is 18.7 Å². The second-order valence-electron chi connectivity index (χ2n) is 5.94. The lowest BCUT2D eigenvalue weighted by atomic mass is 9.78. The Kier molecular flexibility index (Phi) is 4.06. The zero-order chi connectivity index (χ0) is 15.6. The summed E-state index contributed by atoms with van der Waals surface area (Å²) in [7, 11) is 1.51. The van der Waals surface area contributed by atoms with Crippen LogP contribution in [0.4, 0.5) is 5.69 Å². The van der Waals surface area contributed by atoms with E-state index in [0.717, 1.165) is 24.9 Å². The van der Waals surface area contributed by atoms with Gasteiger partial charge >= 0.3 is 0 Å². The van der Waals surface area contributed by atoms with Crippen LogP contribution in [0.25, 0.3) is 0 Å². The molecule has 0 radical (unpaired) electrons. The normalized spacial score (nSPS) is 25.0. The minimum absolute atomic E-state index is 0.0455. The summed E-state index contributed by atoms with van der Waals surface area (Å²) in [5, 5.41) is 0. The highest BCUT2D eigenvalue weighted by Crippen LogP contribution is 2.41. The van der Waals surface area contributed by atoms with E-state index in [1.807, 2.05) is 0 Å². The van der Waals surface area contributed by atoms with Crippen LogP contribution < -0.4 is 4.90 Å². The van der Waals surface area contributed by atoms with E-state index in [2.05, 4.69) is 9.97 Å². The number of anilines is 1. The minimum atomic E-state index is -0.461. The summed E-state index contributed by atoms with van der Waals surface area (Å²) in [4.78, 5) is 36.4. The van der Waals surface area contributed by atoms with Gasteiger partial charge in [-0.3, -0.25) is 9.59 Å². The van der Waals surface area contributed by atoms with Crippen LogP contribution in [0.15, 0.2) is 18.7 Å². The Hall–Kier alpha value is -2.02. The second kappa shape index (κ2) is 6.00. The zero-order valence-corrected chi connectivity index (χ0v) is 12.7. The van der Waals surface area contributed by atoms with Gasteiger partial charge in [0.05, 0.1) is 23.5 Å². The number of hydrogen-bond donors (Lipinski definition) is 0. The number of likely N-dealkylation sites (tertiary alicyclic amines) is 1. The fourth-order valence-electron chi connectivity index (χ4n) is 3.44. The first-order chi connectivity index (χ1) is 10.7. The lowest BCUT2D eigenvalue weighted by Crippen LogP contribution is -2.50. The van der Waals surface area contributed by atoms with Gasteiger partial charge in [0.2, 0.25) is 11.8 Å². The van der Waals surface area contributed by atoms with Crippen molar-refractivity contribution in [1.82, 2.24) is 14.9 Å². The monoisotopic (exact) mass is 304 g/mol. The average molecular weight is 304 g/mol. The second-order valence-corrected chi connectivity index (χ2v) is 5.94. The number of carbonyl (C=O) groups is 2. The molecule has 0 bridgehead atoms. The SMILES string of the molecule is COCC(=O)N1CCC[C@]2(CCN(c3cncnc3)C2=O)C1. The van der Waals surface area contributed by atoms with Crippen LogP contribution in [0.2, 0.25) is 0 Å². The first-order valence-electron chi connectivity index (χ1n) is 7.50. The van der Waals surface area contributed by atoms with Crippen LogP contribution >= 0.6 is 0 Å². The Morgan fingerprint density at radius 2 is 2.09 bits per heavy atom. The van der Waals surface area contributed by atoms with Crippen LogP contribution in [0.5, 0.6) is 0 Å². The predicted molar refractivity (Wildman–Crippen MR) is 79.1 cm³/mol. The number of ether oxygens (including phenoxy) is 1. The van der Waals surface area contributed by atoms with Crippen LogP contribution in [-0.4, -0.2) is 60.0 Å². The molecule has 0 aliphatic carbocycles. The van der Waals surface area contributed by atoms with Gasteiger partial charge in [-0.15, -0.1) is 0 Å². The molecular weight excluding hydrogens is 284 g/mol. The van der Waals surface area contributed by atoms with Crippen LogP contribution in [-0.2, 0) is 14.3 Å². The number of methoxy groups -OCH3 is 1. The van der Waals surface area contributed by atoms with E-state index in [-0.39, 0.29) is 18.4 Å². The summed E-state index contributed by atoms with van der Waals surface area (Å²) in [6.45, 7) is 1.91. The van der Waals surface area contributed by atoms with E-state index < -0.39 is 5.41 Å². The Morgan fingerprint density at radius 3 is 2.82 bits per heavy atom. The molecule has 2 aliphatic rings. The summed E-state index contributed by atoms with van der Waals surface area (Å²) in [5.74, 6) is 0.0353. The van der Waals surface area contributed by atoms with Crippen molar-refractivity contribution in [2.75, 3.05) is 38.3 Å². The van der Waals surface area contributed by atoms with Crippen molar-refractivity contribution in [2.45, 2.75) is 19.3 Å². The molecular formula is C15H20N4O3. The number of aromatic nitrogens is 2. The van der Waals surface area contributed by atoms with E-state index >= 15 is 0 Å². The maximum absolute atomic E-state index is 12.9. The van der Waals surface area contributed by atoms with E-state index in [9.17, 15) is 9.59 Å². The number of rotatable bonds is 3. The third-order valence-electron chi connectivity index (χ3n) is 4.57. The molecule has 7 heteroatoms. The van der Waals surface area contributed by atoms with Gasteiger partial charge in [-0.1, -0.05) is 0 Å². The molecule has 22 heavy (non-hydrogen) atoms. The predicted octanol–water partition coefficient (Wildman–Crippen LogP) is 0.468. The van der Waals surface area contributed by atoms with E-state index in [0.29, 0.717) is 19.6 Å². The number of nitrogens with zero attached hydrogens (tertiary/aromatic N) is 4. The Balaban J connectivity index is 1.77. The van der Waals surface area contributed by atoms with Gasteiger partial charge in [0, 0.05) is 26.7 Å². The van der Waals surface area contributed by atoms with Crippen molar-refractivity contribution in [1.29, 1.82) is 0 Å². The molecule has 3 rings (SSSR count). The highest BCUT2D eigenvalue weighted by atomic mass is 16.5. The molecule has 2 amide bonds. The van der Waals surface area contributed by atoms with Gasteiger partial charge in [-0.2, -0.15) is 0 Å². The molecule has 3 heterocycles. The van der Waals surface area contributed by atoms with Gasteiger partial charge in [0.1, 0.15) is 12.9 Å². The highest BCUT2D eigenvalue weighted by molar-refractivity contribution is 6.00. The Bertz CT molecular complexity index is 565. The Morgan fingerprint density at radius 1 is 1.32 bits per heavy atom. The van der Waals surface area contributed by atoms with Gasteiger partial charge in [0.15, 0.2) is 0 Å². The average Bonchev–Trinajstić information content (AvgIpc) is 2.85. The summed E-state index contributed by atoms with van der Waals surface area (Å²) in [6, 6.07) is 0. The minimum Gasteiger partial charge on any atom is -0.375 e. The summed E-state index contributed by atoms with van der Waals surface area (Å²) < 4.78 is 4.92. The molecule has 1 spiro atoms. The molecule has 0 unspecified atom stereocenters. The van der Waals surface area contributed by atoms with Crippen molar-refractivity contribution in [3.8, 4) is 0 Å². The Labute approximate surface area is 129 Å². The molecule has 7 nitrogen and oxygen atoms in total. The lowest BCUT2D eigenvalue weighted by Gasteiger charge is -2.38. The third-order valence-corrected chi connectivity index (χ3v) is 4.57. The van der Waals surface area contributed by atoms with E-state index in [4.69, 9.17) is 4.74 Å². The maximum atomic E-state index is 12.9.